The number of carboxylic acids is 1. The number of rotatable bonds is 5. The van der Waals surface area contributed by atoms with E-state index in [4.69, 9.17) is 22.0 Å². The number of nitrogens with one attached hydrogen (secondary N) is 2. The number of hydrogen-bond donors (Lipinski definition) is 3. The quantitative estimate of drug-likeness (QED) is 0.778. The summed E-state index contributed by atoms with van der Waals surface area (Å²) in [6.45, 7) is 3.57. The molecule has 7 heteroatoms. The molecule has 6 nitrogen and oxygen atoms in total. The minimum absolute atomic E-state index is 0.219. The number of amides is 2. The topological polar surface area (TPSA) is 102 Å². The van der Waals surface area contributed by atoms with Crippen LogP contribution < -0.4 is 10.6 Å². The third kappa shape index (κ3) is 4.65. The van der Waals surface area contributed by atoms with E-state index in [1.165, 1.54) is 18.2 Å². The summed E-state index contributed by atoms with van der Waals surface area (Å²) in [6, 6.07) is 4.66. The predicted octanol–water partition coefficient (Wildman–Crippen LogP) is 2.83. The standard InChI is InChI=1S/C14H16ClN3O3/c1-3-8(2)12(13(19)20)18-14(21)17-11-6-10(15)5-4-9(11)7-16/h4-6,8,12H,3H2,1-2H3,(H,19,20)(H2,17,18,21)/t8-,12-/m0/s1. The van der Waals surface area contributed by atoms with Gasteiger partial charge in [-0.15, -0.1) is 0 Å². The van der Waals surface area contributed by atoms with Crippen LogP contribution in [-0.4, -0.2) is 23.1 Å². The molecule has 3 N–H and O–H groups in total. The fraction of sp³-hybridized carbons (Fsp3) is 0.357. The van der Waals surface area contributed by atoms with Gasteiger partial charge < -0.3 is 15.7 Å². The first kappa shape index (κ1) is 16.8. The highest BCUT2D eigenvalue weighted by molar-refractivity contribution is 6.31. The number of carboxylic acid groups (broad SMARTS) is 1. The monoisotopic (exact) mass is 309 g/mol. The van der Waals surface area contributed by atoms with Crippen LogP contribution >= 0.6 is 11.6 Å². The second kappa shape index (κ2) is 7.50. The van der Waals surface area contributed by atoms with Crippen LogP contribution in [0.1, 0.15) is 25.8 Å². The third-order valence-corrected chi connectivity index (χ3v) is 3.35. The Balaban J connectivity index is 2.84. The summed E-state index contributed by atoms with van der Waals surface area (Å²) in [5, 5.41) is 23.3. The molecule has 0 unspecified atom stereocenters. The summed E-state index contributed by atoms with van der Waals surface area (Å²) in [4.78, 5) is 23.0. The number of nitriles is 1. The number of carbonyl (C=O) groups excluding carboxylic acids is 1. The summed E-state index contributed by atoms with van der Waals surface area (Å²) in [7, 11) is 0. The minimum atomic E-state index is -1.11. The van der Waals surface area contributed by atoms with Crippen molar-refractivity contribution in [3.63, 3.8) is 0 Å². The van der Waals surface area contributed by atoms with Gasteiger partial charge in [0.05, 0.1) is 11.3 Å². The Morgan fingerprint density at radius 3 is 2.67 bits per heavy atom. The zero-order valence-corrected chi connectivity index (χ0v) is 12.4. The Labute approximate surface area is 127 Å². The van der Waals surface area contributed by atoms with Crippen molar-refractivity contribution in [2.75, 3.05) is 5.32 Å². The van der Waals surface area contributed by atoms with Gasteiger partial charge in [0.15, 0.2) is 0 Å². The fourth-order valence-corrected chi connectivity index (χ4v) is 1.87. The first-order valence-corrected chi connectivity index (χ1v) is 6.76. The Hall–Kier alpha value is -2.26. The van der Waals surface area contributed by atoms with E-state index < -0.39 is 18.0 Å². The molecule has 2 amide bonds. The average Bonchev–Trinajstić information content (AvgIpc) is 2.44. The van der Waals surface area contributed by atoms with Gasteiger partial charge in [0.25, 0.3) is 0 Å². The lowest BCUT2D eigenvalue weighted by atomic mass is 9.99. The number of benzene rings is 1. The van der Waals surface area contributed by atoms with Crippen molar-refractivity contribution in [3.8, 4) is 6.07 Å². The molecular weight excluding hydrogens is 294 g/mol. The maximum Gasteiger partial charge on any atom is 0.326 e. The van der Waals surface area contributed by atoms with Gasteiger partial charge in [-0.05, 0) is 24.1 Å². The molecule has 112 valence electrons. The van der Waals surface area contributed by atoms with E-state index in [1.54, 1.807) is 6.92 Å². The lowest BCUT2D eigenvalue weighted by Crippen LogP contribution is -2.46. The van der Waals surface area contributed by atoms with Gasteiger partial charge in [-0.25, -0.2) is 9.59 Å². The second-order valence-corrected chi connectivity index (χ2v) is 5.04. The molecule has 0 aromatic heterocycles. The second-order valence-electron chi connectivity index (χ2n) is 4.60. The smallest absolute Gasteiger partial charge is 0.326 e. The van der Waals surface area contributed by atoms with Gasteiger partial charge in [-0.1, -0.05) is 31.9 Å². The third-order valence-electron chi connectivity index (χ3n) is 3.12. The number of hydrogen-bond acceptors (Lipinski definition) is 3. The van der Waals surface area contributed by atoms with Crippen molar-refractivity contribution < 1.29 is 14.7 Å². The normalized spacial score (nSPS) is 12.9. The van der Waals surface area contributed by atoms with E-state index >= 15 is 0 Å². The Bertz CT molecular complexity index is 583. The van der Waals surface area contributed by atoms with Crippen molar-refractivity contribution in [2.45, 2.75) is 26.3 Å². The van der Waals surface area contributed by atoms with Gasteiger partial charge in [0, 0.05) is 5.02 Å². The molecule has 0 aliphatic rings. The van der Waals surface area contributed by atoms with Crippen LogP contribution in [0.25, 0.3) is 0 Å². The molecule has 0 saturated heterocycles. The molecule has 0 fully saturated rings. The van der Waals surface area contributed by atoms with E-state index in [1.807, 2.05) is 13.0 Å². The predicted molar refractivity (Wildman–Crippen MR) is 79.2 cm³/mol. The Kier molecular flexibility index (Phi) is 6.00. The molecule has 2 atom stereocenters. The Morgan fingerprint density at radius 2 is 2.14 bits per heavy atom. The van der Waals surface area contributed by atoms with E-state index in [2.05, 4.69) is 10.6 Å². The molecule has 0 saturated carbocycles. The van der Waals surface area contributed by atoms with Crippen molar-refractivity contribution in [1.29, 1.82) is 5.26 Å². The highest BCUT2D eigenvalue weighted by Gasteiger charge is 2.25. The summed E-state index contributed by atoms with van der Waals surface area (Å²) in [5.41, 5.74) is 0.473. The van der Waals surface area contributed by atoms with Gasteiger partial charge in [-0.2, -0.15) is 5.26 Å². The molecule has 21 heavy (non-hydrogen) atoms. The highest BCUT2D eigenvalue weighted by Crippen LogP contribution is 2.20. The summed E-state index contributed by atoms with van der Waals surface area (Å²) < 4.78 is 0. The number of urea groups is 1. The number of aliphatic carboxylic acids is 1. The maximum absolute atomic E-state index is 11.9. The minimum Gasteiger partial charge on any atom is -0.480 e. The van der Waals surface area contributed by atoms with Crippen LogP contribution in [-0.2, 0) is 4.79 Å². The molecular formula is C14H16ClN3O3. The van der Waals surface area contributed by atoms with Crippen molar-refractivity contribution in [2.24, 2.45) is 5.92 Å². The molecule has 0 aliphatic heterocycles. The lowest BCUT2D eigenvalue weighted by Gasteiger charge is -2.20. The average molecular weight is 310 g/mol. The molecule has 0 radical (unpaired) electrons. The molecule has 0 heterocycles. The fourth-order valence-electron chi connectivity index (χ4n) is 1.70. The molecule has 0 spiro atoms. The first-order valence-electron chi connectivity index (χ1n) is 6.39. The van der Waals surface area contributed by atoms with E-state index in [9.17, 15) is 9.59 Å². The molecule has 1 rings (SSSR count). The van der Waals surface area contributed by atoms with Crippen LogP contribution in [0.15, 0.2) is 18.2 Å². The Morgan fingerprint density at radius 1 is 1.48 bits per heavy atom. The number of nitrogens with zero attached hydrogens (tertiary/aromatic N) is 1. The first-order chi connectivity index (χ1) is 9.88. The maximum atomic E-state index is 11.9. The van der Waals surface area contributed by atoms with Gasteiger partial charge in [0.2, 0.25) is 0 Å². The summed E-state index contributed by atoms with van der Waals surface area (Å²) >= 11 is 5.81. The number of carbonyl (C=O) groups is 2. The van der Waals surface area contributed by atoms with Crippen molar-refractivity contribution in [1.82, 2.24) is 5.32 Å². The SMILES string of the molecule is CC[C@H](C)[C@H](NC(=O)Nc1cc(Cl)ccc1C#N)C(=O)O. The summed E-state index contributed by atoms with van der Waals surface area (Å²) in [5.74, 6) is -1.32. The van der Waals surface area contributed by atoms with Crippen LogP contribution in [0.5, 0.6) is 0 Å². The van der Waals surface area contributed by atoms with Crippen LogP contribution in [0, 0.1) is 17.2 Å². The molecule has 1 aromatic rings. The van der Waals surface area contributed by atoms with Crippen molar-refractivity contribution >= 4 is 29.3 Å². The highest BCUT2D eigenvalue weighted by atomic mass is 35.5. The van der Waals surface area contributed by atoms with E-state index in [-0.39, 0.29) is 17.2 Å². The van der Waals surface area contributed by atoms with E-state index in [0.29, 0.717) is 11.4 Å². The lowest BCUT2D eigenvalue weighted by molar-refractivity contribution is -0.140. The van der Waals surface area contributed by atoms with Crippen LogP contribution in [0.2, 0.25) is 5.02 Å². The van der Waals surface area contributed by atoms with Gasteiger partial charge in [0.1, 0.15) is 12.1 Å². The summed E-state index contributed by atoms with van der Waals surface area (Å²) in [6.07, 6.45) is 0.609. The number of anilines is 1. The zero-order chi connectivity index (χ0) is 16.0. The van der Waals surface area contributed by atoms with Gasteiger partial charge >= 0.3 is 12.0 Å². The van der Waals surface area contributed by atoms with E-state index in [0.717, 1.165) is 0 Å². The van der Waals surface area contributed by atoms with Crippen LogP contribution in [0.3, 0.4) is 0 Å². The molecule has 0 aliphatic carbocycles. The number of halogens is 1. The zero-order valence-electron chi connectivity index (χ0n) is 11.7. The largest absolute Gasteiger partial charge is 0.480 e. The van der Waals surface area contributed by atoms with Gasteiger partial charge in [-0.3, -0.25) is 0 Å². The molecule has 1 aromatic carbocycles. The van der Waals surface area contributed by atoms with Crippen molar-refractivity contribution in [3.05, 3.63) is 28.8 Å². The van der Waals surface area contributed by atoms with Crippen LogP contribution in [0.4, 0.5) is 10.5 Å². The molecule has 0 bridgehead atoms.